The molecule has 24 heavy (non-hydrogen) atoms. The van der Waals surface area contributed by atoms with Gasteiger partial charge in [-0.15, -0.1) is 0 Å². The Kier molecular flexibility index (Phi) is 4.35. The first-order chi connectivity index (χ1) is 11.4. The minimum absolute atomic E-state index is 0.0956. The zero-order chi connectivity index (χ0) is 17.6. The monoisotopic (exact) mass is 458 g/mol. The van der Waals surface area contributed by atoms with Crippen molar-refractivity contribution < 1.29 is 29.2 Å². The molecule has 0 radical (unpaired) electrons. The van der Waals surface area contributed by atoms with Gasteiger partial charge in [0.25, 0.3) is 0 Å². The summed E-state index contributed by atoms with van der Waals surface area (Å²) in [7, 11) is 2.95. The molecule has 1 aliphatic rings. The van der Waals surface area contributed by atoms with Gasteiger partial charge < -0.3 is 24.4 Å². The molecule has 3 rings (SSSR count). The van der Waals surface area contributed by atoms with Crippen LogP contribution in [-0.4, -0.2) is 30.4 Å². The smallest absolute Gasteiger partial charge is 0.339 e. The lowest BCUT2D eigenvalue weighted by Gasteiger charge is -2.18. The molecule has 2 aromatic carbocycles. The van der Waals surface area contributed by atoms with Gasteiger partial charge in [-0.05, 0) is 50.1 Å². The fraction of sp³-hybridized carbons (Fsp3) is 0.188. The Hall–Kier alpha value is -1.93. The second-order valence-electron chi connectivity index (χ2n) is 5.01. The molecule has 1 unspecified atom stereocenters. The van der Waals surface area contributed by atoms with E-state index in [0.717, 1.165) is 0 Å². The van der Waals surface area contributed by atoms with Gasteiger partial charge in [-0.3, -0.25) is 0 Å². The van der Waals surface area contributed by atoms with Gasteiger partial charge in [0.15, 0.2) is 17.6 Å². The minimum atomic E-state index is -0.897. The Morgan fingerprint density at radius 2 is 1.83 bits per heavy atom. The van der Waals surface area contributed by atoms with E-state index in [2.05, 4.69) is 31.9 Å². The lowest BCUT2D eigenvalue weighted by atomic mass is 9.97. The number of hydrogen-bond donors (Lipinski definition) is 2. The predicted octanol–water partition coefficient (Wildman–Crippen LogP) is 3.90. The second kappa shape index (κ2) is 6.18. The lowest BCUT2D eigenvalue weighted by Crippen LogP contribution is -2.04. The summed E-state index contributed by atoms with van der Waals surface area (Å²) in [4.78, 5) is 12.2. The first-order valence-corrected chi connectivity index (χ1v) is 8.35. The van der Waals surface area contributed by atoms with Crippen LogP contribution in [0.4, 0.5) is 0 Å². The molecule has 8 heteroatoms. The molecule has 1 heterocycles. The molecule has 0 aromatic heterocycles. The zero-order valence-corrected chi connectivity index (χ0v) is 15.8. The highest BCUT2D eigenvalue weighted by Gasteiger charge is 2.39. The third-order valence-corrected chi connectivity index (χ3v) is 5.13. The van der Waals surface area contributed by atoms with Crippen LogP contribution in [-0.2, 0) is 4.74 Å². The van der Waals surface area contributed by atoms with E-state index in [4.69, 9.17) is 14.2 Å². The van der Waals surface area contributed by atoms with Gasteiger partial charge in [-0.1, -0.05) is 0 Å². The molecule has 0 saturated heterocycles. The van der Waals surface area contributed by atoms with Gasteiger partial charge in [0.1, 0.15) is 16.0 Å². The van der Waals surface area contributed by atoms with E-state index in [9.17, 15) is 15.0 Å². The third-order valence-electron chi connectivity index (χ3n) is 3.77. The van der Waals surface area contributed by atoms with Gasteiger partial charge in [-0.2, -0.15) is 0 Å². The van der Waals surface area contributed by atoms with Crippen LogP contribution in [0.25, 0.3) is 0 Å². The Labute approximate surface area is 154 Å². The number of phenolic OH excluding ortho intramolecular Hbond substituents is 2. The fourth-order valence-electron chi connectivity index (χ4n) is 2.65. The van der Waals surface area contributed by atoms with E-state index in [1.165, 1.54) is 20.3 Å². The van der Waals surface area contributed by atoms with E-state index in [-0.39, 0.29) is 16.0 Å². The highest BCUT2D eigenvalue weighted by atomic mass is 79.9. The van der Waals surface area contributed by atoms with Gasteiger partial charge in [0.05, 0.1) is 29.8 Å². The number of halogens is 2. The van der Waals surface area contributed by atoms with Crippen LogP contribution < -0.4 is 9.47 Å². The van der Waals surface area contributed by atoms with E-state index >= 15 is 0 Å². The van der Waals surface area contributed by atoms with Gasteiger partial charge in [0, 0.05) is 5.56 Å². The minimum Gasteiger partial charge on any atom is -0.506 e. The molecule has 126 valence electrons. The summed E-state index contributed by atoms with van der Waals surface area (Å²) < 4.78 is 16.5. The summed E-state index contributed by atoms with van der Waals surface area (Å²) in [5.41, 5.74) is 1.09. The van der Waals surface area contributed by atoms with Crippen LogP contribution in [0.1, 0.15) is 27.6 Å². The Bertz CT molecular complexity index is 849. The molecular weight excluding hydrogens is 448 g/mol. The molecule has 0 aliphatic carbocycles. The zero-order valence-electron chi connectivity index (χ0n) is 12.6. The van der Waals surface area contributed by atoms with Crippen molar-refractivity contribution in [2.45, 2.75) is 6.10 Å². The second-order valence-corrected chi connectivity index (χ2v) is 6.65. The van der Waals surface area contributed by atoms with Crippen LogP contribution in [0.5, 0.6) is 23.0 Å². The topological polar surface area (TPSA) is 85.2 Å². The van der Waals surface area contributed by atoms with E-state index in [1.807, 2.05) is 0 Å². The van der Waals surface area contributed by atoms with Crippen molar-refractivity contribution >= 4 is 37.8 Å². The summed E-state index contributed by atoms with van der Waals surface area (Å²) >= 11 is 6.33. The van der Waals surface area contributed by atoms with Crippen molar-refractivity contribution in [2.24, 2.45) is 0 Å². The maximum atomic E-state index is 12.2. The Balaban J connectivity index is 2.27. The number of hydrogen-bond acceptors (Lipinski definition) is 6. The number of fused-ring (bicyclic) bond motifs is 1. The first-order valence-electron chi connectivity index (χ1n) is 6.76. The molecule has 2 aromatic rings. The highest BCUT2D eigenvalue weighted by molar-refractivity contribution is 9.11. The molecule has 6 nitrogen and oxygen atoms in total. The molecule has 1 atom stereocenters. The molecule has 0 amide bonds. The molecule has 0 fully saturated rings. The van der Waals surface area contributed by atoms with Gasteiger partial charge >= 0.3 is 5.97 Å². The number of benzene rings is 2. The van der Waals surface area contributed by atoms with Crippen LogP contribution in [0.15, 0.2) is 27.1 Å². The van der Waals surface area contributed by atoms with Crippen molar-refractivity contribution in [1.82, 2.24) is 0 Å². The van der Waals surface area contributed by atoms with Crippen molar-refractivity contribution in [3.8, 4) is 23.0 Å². The van der Waals surface area contributed by atoms with Crippen molar-refractivity contribution in [1.29, 1.82) is 0 Å². The first kappa shape index (κ1) is 16.9. The number of carbonyl (C=O) groups is 1. The number of methoxy groups -OCH3 is 2. The molecule has 2 N–H and O–H groups in total. The van der Waals surface area contributed by atoms with Crippen molar-refractivity contribution in [3.05, 3.63) is 43.8 Å². The average molecular weight is 460 g/mol. The number of rotatable bonds is 3. The molecule has 0 spiro atoms. The van der Waals surface area contributed by atoms with Crippen molar-refractivity contribution in [3.63, 3.8) is 0 Å². The number of esters is 1. The number of aromatic hydroxyl groups is 2. The Morgan fingerprint density at radius 1 is 1.12 bits per heavy atom. The molecule has 0 bridgehead atoms. The predicted molar refractivity (Wildman–Crippen MR) is 92.0 cm³/mol. The fourth-order valence-corrected chi connectivity index (χ4v) is 3.81. The summed E-state index contributed by atoms with van der Waals surface area (Å²) in [5, 5.41) is 20.3. The molecular formula is C16H12Br2O6. The summed E-state index contributed by atoms with van der Waals surface area (Å²) in [6.07, 6.45) is -0.897. The summed E-state index contributed by atoms with van der Waals surface area (Å²) in [6.45, 7) is 0. The van der Waals surface area contributed by atoms with E-state index < -0.39 is 12.1 Å². The third kappa shape index (κ3) is 2.41. The van der Waals surface area contributed by atoms with Crippen LogP contribution in [0.3, 0.4) is 0 Å². The molecule has 0 saturated carbocycles. The van der Waals surface area contributed by atoms with E-state index in [0.29, 0.717) is 32.7 Å². The maximum Gasteiger partial charge on any atom is 0.339 e. The largest absolute Gasteiger partial charge is 0.506 e. The average Bonchev–Trinajstić information content (AvgIpc) is 2.92. The standard InChI is InChI=1S/C16H12Br2O6/c1-22-9-4-3-6-10(15(9)23-2)14(24-16(6)21)7-5-8(17)13(20)11(18)12(7)19/h3-5,14,19-20H,1-2H3. The quantitative estimate of drug-likeness (QED) is 0.677. The van der Waals surface area contributed by atoms with Crippen LogP contribution >= 0.6 is 31.9 Å². The SMILES string of the molecule is COc1ccc2c(c1OC)C(c1cc(Br)c(O)c(Br)c1O)OC2=O. The lowest BCUT2D eigenvalue weighted by molar-refractivity contribution is 0.0451. The van der Waals surface area contributed by atoms with Crippen LogP contribution in [0, 0.1) is 0 Å². The normalized spacial score (nSPS) is 15.8. The van der Waals surface area contributed by atoms with Gasteiger partial charge in [-0.25, -0.2) is 4.79 Å². The number of ether oxygens (including phenoxy) is 3. The van der Waals surface area contributed by atoms with E-state index in [1.54, 1.807) is 12.1 Å². The van der Waals surface area contributed by atoms with Gasteiger partial charge in [0.2, 0.25) is 0 Å². The highest BCUT2D eigenvalue weighted by Crippen LogP contribution is 2.51. The number of carbonyl (C=O) groups excluding carboxylic acids is 1. The number of cyclic esters (lactones) is 1. The molecule has 1 aliphatic heterocycles. The number of phenols is 2. The summed E-state index contributed by atoms with van der Waals surface area (Å²) in [6, 6.07) is 4.69. The van der Waals surface area contributed by atoms with Crippen molar-refractivity contribution in [2.75, 3.05) is 14.2 Å². The summed E-state index contributed by atoms with van der Waals surface area (Å²) in [5.74, 6) is -0.123. The Morgan fingerprint density at radius 3 is 2.46 bits per heavy atom. The maximum absolute atomic E-state index is 12.2. The van der Waals surface area contributed by atoms with Crippen LogP contribution in [0.2, 0.25) is 0 Å².